The van der Waals surface area contributed by atoms with Crippen LogP contribution >= 0.6 is 0 Å². The largest absolute Gasteiger partial charge is 0.259 e. The van der Waals surface area contributed by atoms with Gasteiger partial charge < -0.3 is 0 Å². The molecule has 4 aliphatic rings. The minimum absolute atomic E-state index is 0.0146. The molecule has 0 saturated heterocycles. The third kappa shape index (κ3) is 7.72. The number of nitrogens with zero attached hydrogens (tertiary/aromatic N) is 12. The van der Waals surface area contributed by atoms with Crippen LogP contribution in [-0.4, -0.2) is 80.8 Å². The number of hydrogen-bond donors (Lipinski definition) is 2. The molecule has 2 aromatic carbocycles. The Kier molecular flexibility index (Phi) is 11.4. The van der Waals surface area contributed by atoms with E-state index in [4.69, 9.17) is 19.5 Å². The molecule has 8 aromatic rings. The number of hydrogen-bond acceptors (Lipinski definition) is 14. The average molecular weight is 1040 g/mol. The van der Waals surface area contributed by atoms with Gasteiger partial charge in [0.2, 0.25) is 0 Å². The third-order valence-electron chi connectivity index (χ3n) is 15.9. The summed E-state index contributed by atoms with van der Waals surface area (Å²) in [6.07, 6.45) is 16.1. The van der Waals surface area contributed by atoms with Gasteiger partial charge in [-0.25, -0.2) is 45.9 Å². The van der Waals surface area contributed by atoms with Crippen molar-refractivity contribution in [3.63, 3.8) is 0 Å². The topological polar surface area (TPSA) is 221 Å². The van der Waals surface area contributed by atoms with E-state index in [0.717, 1.165) is 59.6 Å². The molecule has 0 spiro atoms. The van der Waals surface area contributed by atoms with E-state index in [-0.39, 0.29) is 56.9 Å². The van der Waals surface area contributed by atoms with Crippen molar-refractivity contribution in [1.82, 2.24) is 59.9 Å². The quantitative estimate of drug-likeness (QED) is 0.122. The van der Waals surface area contributed by atoms with Gasteiger partial charge in [0.15, 0.2) is 11.6 Å². The molecule has 74 heavy (non-hydrogen) atoms. The van der Waals surface area contributed by atoms with Gasteiger partial charge in [0.25, 0.3) is 0 Å². The molecule has 0 amide bonds. The molecule has 2 N–H and O–H groups in total. The maximum absolute atomic E-state index is 14.5. The Labute approximate surface area is 424 Å². The van der Waals surface area contributed by atoms with E-state index < -0.39 is 53.6 Å². The molecular weight excluding hydrogens is 993 g/mol. The van der Waals surface area contributed by atoms with Crippen LogP contribution in [0.5, 0.6) is 0 Å². The normalized spacial score (nSPS) is 23.1. The Morgan fingerprint density at radius 1 is 0.595 bits per heavy atom. The van der Waals surface area contributed by atoms with Crippen molar-refractivity contribution < 1.29 is 26.0 Å². The summed E-state index contributed by atoms with van der Waals surface area (Å²) in [6.45, 7) is 8.73. The zero-order valence-electron chi connectivity index (χ0n) is 41.1. The average Bonchev–Trinajstić information content (AvgIpc) is 4.17. The number of halogens is 4. The second kappa shape index (κ2) is 17.2. The number of nitrogens with one attached hydrogen (secondary N) is 2. The van der Waals surface area contributed by atoms with Crippen molar-refractivity contribution >= 4 is 19.5 Å². The number of benzene rings is 2. The van der Waals surface area contributed by atoms with Crippen molar-refractivity contribution in [3.05, 3.63) is 155 Å². The van der Waals surface area contributed by atoms with Gasteiger partial charge in [-0.15, -0.1) is 10.2 Å². The summed E-state index contributed by atoms with van der Waals surface area (Å²) >= 11 is 0. The van der Waals surface area contributed by atoms with Gasteiger partial charge in [-0.05, 0) is 108 Å². The van der Waals surface area contributed by atoms with Crippen LogP contribution in [0.2, 0.25) is 0 Å². The maximum Gasteiger partial charge on any atom is 0.162 e. The first kappa shape index (κ1) is 49.0. The van der Waals surface area contributed by atoms with Crippen molar-refractivity contribution in [2.75, 3.05) is 12.5 Å². The molecule has 16 nitrogen and oxygen atoms in total. The van der Waals surface area contributed by atoms with Crippen LogP contribution < -0.4 is 0 Å². The molecule has 2 unspecified atom stereocenters. The fourth-order valence-corrected chi connectivity index (χ4v) is 13.9. The molecule has 12 rings (SSSR count). The molecule has 4 bridgehead atoms. The molecule has 4 aliphatic carbocycles. The van der Waals surface area contributed by atoms with Crippen molar-refractivity contribution in [2.24, 2.45) is 10.8 Å². The maximum atomic E-state index is 14.5. The van der Waals surface area contributed by atoms with Gasteiger partial charge in [0, 0.05) is 37.3 Å². The summed E-state index contributed by atoms with van der Waals surface area (Å²) in [4.78, 5) is 18.8. The number of rotatable bonds is 10. The lowest BCUT2D eigenvalue weighted by Gasteiger charge is -2.37. The van der Waals surface area contributed by atoms with E-state index in [1.165, 1.54) is 58.3 Å². The Morgan fingerprint density at radius 3 is 1.34 bits per heavy atom. The highest BCUT2D eigenvalue weighted by Gasteiger charge is 2.66. The van der Waals surface area contributed by atoms with Crippen molar-refractivity contribution in [1.29, 1.82) is 9.56 Å². The zero-order valence-corrected chi connectivity index (χ0v) is 42.8. The number of aromatic nitrogens is 12. The minimum atomic E-state index is -2.76. The Balaban J connectivity index is 0.000000159. The van der Waals surface area contributed by atoms with Crippen LogP contribution in [-0.2, 0) is 42.0 Å². The van der Waals surface area contributed by atoms with Crippen LogP contribution in [0.15, 0.2) is 97.8 Å². The fraction of sp³-hybridized carbons (Fsp3) is 0.346. The van der Waals surface area contributed by atoms with Gasteiger partial charge in [-0.1, -0.05) is 39.8 Å². The lowest BCUT2D eigenvalue weighted by molar-refractivity contribution is 0.242. The standard InChI is InChI=1S/2C26H25F2N7OS/c2*1-25(2)17-7-9-26(25,23-16(17)11-20(33-34-23)22-18(27)5-4-6-19(22)28)21-8-10-30-24(32-21)15-12-31-35(13-15)14-37(3,29)36/h2*4-6,8,10-13,17,29H,7,9,14H2,1-3H3/t2*17-,26-,37?/m00/s1. The van der Waals surface area contributed by atoms with Gasteiger partial charge in [-0.3, -0.25) is 18.9 Å². The first-order chi connectivity index (χ1) is 35.0. The van der Waals surface area contributed by atoms with Crippen LogP contribution in [0.1, 0.15) is 99.1 Å². The summed E-state index contributed by atoms with van der Waals surface area (Å²) in [7, 11) is -5.51. The molecule has 2 fully saturated rings. The molecule has 6 atom stereocenters. The summed E-state index contributed by atoms with van der Waals surface area (Å²) in [5, 5.41) is 26.2. The second-order valence-electron chi connectivity index (χ2n) is 21.0. The van der Waals surface area contributed by atoms with Crippen LogP contribution in [0, 0.1) is 43.7 Å². The zero-order chi connectivity index (χ0) is 52.3. The Hall–Kier alpha value is -7.20. The summed E-state index contributed by atoms with van der Waals surface area (Å²) in [5.74, 6) is -1.52. The van der Waals surface area contributed by atoms with E-state index in [9.17, 15) is 26.0 Å². The van der Waals surface area contributed by atoms with Gasteiger partial charge in [-0.2, -0.15) is 20.4 Å². The summed E-state index contributed by atoms with van der Waals surface area (Å²) in [5.41, 5.74) is 4.79. The molecule has 2 saturated carbocycles. The first-order valence-corrected chi connectivity index (χ1v) is 28.1. The molecule has 6 aromatic heterocycles. The SMILES string of the molecule is CC1(C)[C@H]2CC[C@]1(c1ccnc(-c3cnn(CS(C)(=N)=O)c3)n1)c1nnc(-c3c(F)cccc3F)cc12.CC1(C)[C@H]2CC[C@]1(c1ccnc(-c3cnn(CS(C)(=N)=O)c3)n1)c1nnc(-c3c(F)cccc3F)cc12. The molecule has 0 radical (unpaired) electrons. The van der Waals surface area contributed by atoms with Crippen molar-refractivity contribution in [2.45, 2.75) is 87.8 Å². The van der Waals surface area contributed by atoms with Crippen LogP contribution in [0.4, 0.5) is 17.6 Å². The van der Waals surface area contributed by atoms with E-state index in [1.807, 2.05) is 12.1 Å². The predicted octanol–water partition coefficient (Wildman–Crippen LogP) is 9.83. The fourth-order valence-electron chi connectivity index (χ4n) is 12.6. The molecule has 6 heterocycles. The van der Waals surface area contributed by atoms with E-state index in [1.54, 1.807) is 49.3 Å². The van der Waals surface area contributed by atoms with E-state index in [0.29, 0.717) is 22.8 Å². The monoisotopic (exact) mass is 1040 g/mol. The highest BCUT2D eigenvalue weighted by Crippen LogP contribution is 2.71. The predicted molar refractivity (Wildman–Crippen MR) is 268 cm³/mol. The third-order valence-corrected chi connectivity index (χ3v) is 17.4. The minimum Gasteiger partial charge on any atom is -0.259 e. The van der Waals surface area contributed by atoms with Crippen LogP contribution in [0.3, 0.4) is 0 Å². The summed E-state index contributed by atoms with van der Waals surface area (Å²) in [6, 6.07) is 14.9. The molecule has 380 valence electrons. The Morgan fingerprint density at radius 2 is 0.973 bits per heavy atom. The van der Waals surface area contributed by atoms with E-state index >= 15 is 0 Å². The molecular formula is C52H50F4N14O2S2. The van der Waals surface area contributed by atoms with Crippen LogP contribution in [0.25, 0.3) is 45.3 Å². The molecule has 22 heteroatoms. The first-order valence-electron chi connectivity index (χ1n) is 23.8. The van der Waals surface area contributed by atoms with E-state index in [2.05, 4.69) is 68.3 Å². The second-order valence-corrected chi connectivity index (χ2v) is 25.6. The highest BCUT2D eigenvalue weighted by molar-refractivity contribution is 7.90. The highest BCUT2D eigenvalue weighted by atomic mass is 32.2. The van der Waals surface area contributed by atoms with Gasteiger partial charge in [0.1, 0.15) is 35.0 Å². The van der Waals surface area contributed by atoms with Crippen molar-refractivity contribution in [3.8, 4) is 45.3 Å². The summed E-state index contributed by atoms with van der Waals surface area (Å²) < 4.78 is 100. The smallest absolute Gasteiger partial charge is 0.162 e. The number of fused-ring (bicyclic) bond motifs is 10. The Bertz CT molecular complexity index is 3540. The van der Waals surface area contributed by atoms with Gasteiger partial charge >= 0.3 is 0 Å². The molecule has 0 aliphatic heterocycles. The lowest BCUT2D eigenvalue weighted by atomic mass is 9.66. The lowest BCUT2D eigenvalue weighted by Crippen LogP contribution is -2.38. The van der Waals surface area contributed by atoms with Gasteiger partial charge in [0.05, 0.1) is 99.1 Å².